The lowest BCUT2D eigenvalue weighted by molar-refractivity contribution is -0.131. The number of hydrogen-bond acceptors (Lipinski definition) is 7. The molecule has 2 aromatic rings. The van der Waals surface area contributed by atoms with Crippen LogP contribution in [0.15, 0.2) is 52.0 Å². The normalized spacial score (nSPS) is 16.3. The van der Waals surface area contributed by atoms with Gasteiger partial charge in [-0.15, -0.1) is 0 Å². The Morgan fingerprint density at radius 3 is 2.73 bits per heavy atom. The van der Waals surface area contributed by atoms with Crippen LogP contribution in [0.4, 0.5) is 0 Å². The van der Waals surface area contributed by atoms with Crippen LogP contribution in [0.25, 0.3) is 6.08 Å². The summed E-state index contributed by atoms with van der Waals surface area (Å²) in [6, 6.07) is 9.71. The lowest BCUT2D eigenvalue weighted by Gasteiger charge is -2.22. The molecule has 0 aliphatic carbocycles. The molecule has 1 saturated heterocycles. The standard InChI is InChI=1S/C21H22N2O5S2/c1-22(13-17(25)14-6-8-15(24)9-7-14)19(26)5-2-10-23-20(27)18(30-21(23)29)12-16-4-3-11-28-16/h3-4,6-9,11-12,17,24-25H,2,5,10,13H2,1H3/b18-12+/t17-/m1/s1. The largest absolute Gasteiger partial charge is 0.508 e. The minimum absolute atomic E-state index is 0.116. The highest BCUT2D eigenvalue weighted by Gasteiger charge is 2.32. The van der Waals surface area contributed by atoms with E-state index < -0.39 is 6.10 Å². The van der Waals surface area contributed by atoms with Crippen LogP contribution in [-0.2, 0) is 9.59 Å². The molecule has 2 N–H and O–H groups in total. The number of amides is 2. The van der Waals surface area contributed by atoms with Crippen molar-refractivity contribution in [3.05, 3.63) is 58.9 Å². The van der Waals surface area contributed by atoms with Crippen molar-refractivity contribution in [2.45, 2.75) is 18.9 Å². The maximum absolute atomic E-state index is 12.5. The summed E-state index contributed by atoms with van der Waals surface area (Å²) in [5, 5.41) is 19.6. The first-order chi connectivity index (χ1) is 14.3. The van der Waals surface area contributed by atoms with Gasteiger partial charge in [0.1, 0.15) is 15.8 Å². The molecule has 158 valence electrons. The average Bonchev–Trinajstić information content (AvgIpc) is 3.32. The van der Waals surface area contributed by atoms with Gasteiger partial charge in [-0.2, -0.15) is 0 Å². The predicted molar refractivity (Wildman–Crippen MR) is 119 cm³/mol. The van der Waals surface area contributed by atoms with Crippen molar-refractivity contribution < 1.29 is 24.2 Å². The first-order valence-corrected chi connectivity index (χ1v) is 10.6. The molecule has 30 heavy (non-hydrogen) atoms. The van der Waals surface area contributed by atoms with Crippen LogP contribution >= 0.6 is 24.0 Å². The van der Waals surface area contributed by atoms with Crippen molar-refractivity contribution in [1.29, 1.82) is 0 Å². The summed E-state index contributed by atoms with van der Waals surface area (Å²) in [5.41, 5.74) is 0.619. The van der Waals surface area contributed by atoms with Crippen LogP contribution in [0.2, 0.25) is 0 Å². The van der Waals surface area contributed by atoms with Crippen LogP contribution in [0.3, 0.4) is 0 Å². The fourth-order valence-corrected chi connectivity index (χ4v) is 4.23. The summed E-state index contributed by atoms with van der Waals surface area (Å²) in [5.74, 6) is 0.374. The van der Waals surface area contributed by atoms with E-state index in [0.29, 0.717) is 33.5 Å². The van der Waals surface area contributed by atoms with Gasteiger partial charge >= 0.3 is 0 Å². The van der Waals surface area contributed by atoms with Gasteiger partial charge < -0.3 is 19.5 Å². The van der Waals surface area contributed by atoms with Crippen molar-refractivity contribution in [1.82, 2.24) is 9.80 Å². The molecule has 2 amide bonds. The van der Waals surface area contributed by atoms with E-state index in [0.717, 1.165) is 0 Å². The second-order valence-corrected chi connectivity index (χ2v) is 8.51. The van der Waals surface area contributed by atoms with E-state index in [2.05, 4.69) is 0 Å². The number of aromatic hydroxyl groups is 1. The number of thioether (sulfide) groups is 1. The van der Waals surface area contributed by atoms with E-state index in [-0.39, 0.29) is 30.5 Å². The average molecular weight is 447 g/mol. The molecule has 0 bridgehead atoms. The quantitative estimate of drug-likeness (QED) is 0.475. The Kier molecular flexibility index (Phi) is 7.30. The maximum atomic E-state index is 12.5. The minimum atomic E-state index is -0.849. The summed E-state index contributed by atoms with van der Waals surface area (Å²) >= 11 is 6.51. The summed E-state index contributed by atoms with van der Waals surface area (Å²) in [7, 11) is 1.62. The number of nitrogens with zero attached hydrogens (tertiary/aromatic N) is 2. The van der Waals surface area contributed by atoms with Crippen LogP contribution in [-0.4, -0.2) is 56.3 Å². The Labute approximate surface area is 184 Å². The Morgan fingerprint density at radius 1 is 1.33 bits per heavy atom. The third-order valence-electron chi connectivity index (χ3n) is 4.61. The number of carbonyl (C=O) groups excluding carboxylic acids is 2. The van der Waals surface area contributed by atoms with Gasteiger partial charge in [-0.05, 0) is 36.2 Å². The van der Waals surface area contributed by atoms with Gasteiger partial charge in [0.05, 0.1) is 23.8 Å². The summed E-state index contributed by atoms with van der Waals surface area (Å²) in [6.07, 6.45) is 3.03. The van der Waals surface area contributed by atoms with Gasteiger partial charge in [0, 0.05) is 26.1 Å². The van der Waals surface area contributed by atoms with Crippen molar-refractivity contribution >= 4 is 46.2 Å². The van der Waals surface area contributed by atoms with Gasteiger partial charge in [0.15, 0.2) is 0 Å². The highest BCUT2D eigenvalue weighted by molar-refractivity contribution is 8.26. The lowest BCUT2D eigenvalue weighted by atomic mass is 10.1. The van der Waals surface area contributed by atoms with Gasteiger partial charge in [0.25, 0.3) is 5.91 Å². The highest BCUT2D eigenvalue weighted by atomic mass is 32.2. The lowest BCUT2D eigenvalue weighted by Crippen LogP contribution is -2.33. The second-order valence-electron chi connectivity index (χ2n) is 6.83. The molecule has 1 aromatic carbocycles. The van der Waals surface area contributed by atoms with Crippen molar-refractivity contribution in [3.8, 4) is 5.75 Å². The van der Waals surface area contributed by atoms with Crippen molar-refractivity contribution in [3.63, 3.8) is 0 Å². The number of phenolic OH excluding ortho intramolecular Hbond substituents is 1. The highest BCUT2D eigenvalue weighted by Crippen LogP contribution is 2.32. The van der Waals surface area contributed by atoms with E-state index in [4.69, 9.17) is 16.6 Å². The van der Waals surface area contributed by atoms with Gasteiger partial charge in [-0.1, -0.05) is 36.1 Å². The van der Waals surface area contributed by atoms with Crippen LogP contribution in [0, 0.1) is 0 Å². The number of aliphatic hydroxyl groups is 1. The molecule has 0 unspecified atom stereocenters. The Hall–Kier alpha value is -2.62. The first kappa shape index (κ1) is 22.1. The number of hydrogen-bond donors (Lipinski definition) is 2. The van der Waals surface area contributed by atoms with Crippen LogP contribution in [0.1, 0.15) is 30.3 Å². The van der Waals surface area contributed by atoms with Crippen molar-refractivity contribution in [2.75, 3.05) is 20.1 Å². The molecule has 0 radical (unpaired) electrons. The van der Waals surface area contributed by atoms with E-state index in [9.17, 15) is 19.8 Å². The molecule has 1 atom stereocenters. The molecule has 2 heterocycles. The molecule has 1 aromatic heterocycles. The van der Waals surface area contributed by atoms with Crippen LogP contribution in [0.5, 0.6) is 5.75 Å². The molecule has 1 aliphatic rings. The van der Waals surface area contributed by atoms with E-state index in [1.165, 1.54) is 40.0 Å². The summed E-state index contributed by atoms with van der Waals surface area (Å²) in [6.45, 7) is 0.483. The topological polar surface area (TPSA) is 94.2 Å². The fourth-order valence-electron chi connectivity index (χ4n) is 2.94. The predicted octanol–water partition coefficient (Wildman–Crippen LogP) is 3.16. The molecule has 1 fully saturated rings. The second kappa shape index (κ2) is 9.92. The van der Waals surface area contributed by atoms with Crippen LogP contribution < -0.4 is 0 Å². The minimum Gasteiger partial charge on any atom is -0.508 e. The SMILES string of the molecule is CN(C[C@@H](O)c1ccc(O)cc1)C(=O)CCCN1C(=O)/C(=C\c2ccco2)SC1=S. The zero-order valence-electron chi connectivity index (χ0n) is 16.4. The van der Waals surface area contributed by atoms with Gasteiger partial charge in [-0.25, -0.2) is 0 Å². The monoisotopic (exact) mass is 446 g/mol. The number of likely N-dealkylation sites (N-methyl/N-ethyl adjacent to an activating group) is 1. The Bertz CT molecular complexity index is 941. The van der Waals surface area contributed by atoms with Crippen molar-refractivity contribution in [2.24, 2.45) is 0 Å². The first-order valence-electron chi connectivity index (χ1n) is 9.35. The fraction of sp³-hybridized carbons (Fsp3) is 0.286. The van der Waals surface area contributed by atoms with Gasteiger partial charge in [-0.3, -0.25) is 14.5 Å². The molecule has 1 aliphatic heterocycles. The Balaban J connectivity index is 1.47. The third-order valence-corrected chi connectivity index (χ3v) is 5.99. The maximum Gasteiger partial charge on any atom is 0.266 e. The number of carbonyl (C=O) groups is 2. The number of rotatable bonds is 8. The molecular weight excluding hydrogens is 424 g/mol. The van der Waals surface area contributed by atoms with Gasteiger partial charge in [0.2, 0.25) is 5.91 Å². The zero-order chi connectivity index (χ0) is 21.7. The molecule has 9 heteroatoms. The molecular formula is C21H22N2O5S2. The third kappa shape index (κ3) is 5.50. The smallest absolute Gasteiger partial charge is 0.266 e. The zero-order valence-corrected chi connectivity index (χ0v) is 18.0. The molecule has 3 rings (SSSR count). The number of thiocarbonyl (C=S) groups is 1. The number of benzene rings is 1. The number of aliphatic hydroxyl groups excluding tert-OH is 1. The number of phenols is 1. The Morgan fingerprint density at radius 2 is 2.07 bits per heavy atom. The number of furan rings is 1. The van der Waals surface area contributed by atoms with E-state index in [1.54, 1.807) is 37.4 Å². The summed E-state index contributed by atoms with van der Waals surface area (Å²) < 4.78 is 5.70. The van der Waals surface area contributed by atoms with E-state index in [1.807, 2.05) is 0 Å². The summed E-state index contributed by atoms with van der Waals surface area (Å²) in [4.78, 5) is 28.4. The molecule has 0 saturated carbocycles. The molecule has 7 nitrogen and oxygen atoms in total. The van der Waals surface area contributed by atoms with E-state index >= 15 is 0 Å². The molecule has 0 spiro atoms.